The first kappa shape index (κ1) is 10.0. The summed E-state index contributed by atoms with van der Waals surface area (Å²) in [7, 11) is 1.74. The summed E-state index contributed by atoms with van der Waals surface area (Å²) < 4.78 is 5.38. The van der Waals surface area contributed by atoms with Crippen LogP contribution in [0.2, 0.25) is 0 Å². The summed E-state index contributed by atoms with van der Waals surface area (Å²) in [6, 6.07) is 8.20. The van der Waals surface area contributed by atoms with Crippen LogP contribution in [-0.2, 0) is 4.74 Å². The molecule has 1 aromatic rings. The minimum absolute atomic E-state index is 0.189. The quantitative estimate of drug-likeness (QED) is 0.683. The fraction of sp³-hybridized carbons (Fsp3) is 0.333. The molecule has 0 bridgehead atoms. The lowest BCUT2D eigenvalue weighted by Crippen LogP contribution is -2.01. The molecule has 0 aliphatic heterocycles. The molecule has 1 unspecified atom stereocenters. The summed E-state index contributed by atoms with van der Waals surface area (Å²) in [5.41, 5.74) is 2.39. The van der Waals surface area contributed by atoms with E-state index in [0.717, 1.165) is 12.0 Å². The van der Waals surface area contributed by atoms with Crippen LogP contribution in [0.3, 0.4) is 0 Å². The minimum Gasteiger partial charge on any atom is -0.377 e. The second-order valence-corrected chi connectivity index (χ2v) is 2.97. The molecule has 0 radical (unpaired) electrons. The average molecular weight is 176 g/mol. The first-order valence-corrected chi connectivity index (χ1v) is 4.57. The Bertz CT molecular complexity index is 274. The van der Waals surface area contributed by atoms with Crippen LogP contribution in [0.15, 0.2) is 30.8 Å². The van der Waals surface area contributed by atoms with Crippen molar-refractivity contribution in [2.45, 2.75) is 19.4 Å². The van der Waals surface area contributed by atoms with Gasteiger partial charge in [0.05, 0.1) is 6.10 Å². The molecule has 0 saturated heterocycles. The smallest absolute Gasteiger partial charge is 0.0824 e. The average Bonchev–Trinajstić information content (AvgIpc) is 2.20. The van der Waals surface area contributed by atoms with Crippen molar-refractivity contribution in [3.8, 4) is 0 Å². The lowest BCUT2D eigenvalue weighted by atomic mass is 10.0. The third-order valence-corrected chi connectivity index (χ3v) is 2.22. The van der Waals surface area contributed by atoms with Crippen LogP contribution < -0.4 is 0 Å². The Balaban J connectivity index is 3.03. The van der Waals surface area contributed by atoms with Gasteiger partial charge in [0, 0.05) is 7.11 Å². The van der Waals surface area contributed by atoms with Gasteiger partial charge in [-0.1, -0.05) is 43.8 Å². The third-order valence-electron chi connectivity index (χ3n) is 2.22. The van der Waals surface area contributed by atoms with Gasteiger partial charge in [-0.2, -0.15) is 0 Å². The van der Waals surface area contributed by atoms with Crippen molar-refractivity contribution < 1.29 is 4.74 Å². The van der Waals surface area contributed by atoms with E-state index in [0.29, 0.717) is 0 Å². The molecule has 1 atom stereocenters. The molecule has 1 nitrogen and oxygen atoms in total. The van der Waals surface area contributed by atoms with E-state index in [1.165, 1.54) is 5.56 Å². The van der Waals surface area contributed by atoms with Gasteiger partial charge < -0.3 is 4.74 Å². The molecule has 0 N–H and O–H groups in total. The van der Waals surface area contributed by atoms with Gasteiger partial charge in [-0.15, -0.1) is 0 Å². The van der Waals surface area contributed by atoms with Crippen molar-refractivity contribution in [1.29, 1.82) is 0 Å². The van der Waals surface area contributed by atoms with Crippen LogP contribution in [0.25, 0.3) is 6.08 Å². The molecule has 0 spiro atoms. The van der Waals surface area contributed by atoms with Gasteiger partial charge in [0.25, 0.3) is 0 Å². The molecule has 0 aliphatic carbocycles. The van der Waals surface area contributed by atoms with E-state index in [1.807, 2.05) is 18.2 Å². The van der Waals surface area contributed by atoms with E-state index in [2.05, 4.69) is 25.6 Å². The predicted molar refractivity (Wildman–Crippen MR) is 56.6 cm³/mol. The Kier molecular flexibility index (Phi) is 3.71. The monoisotopic (exact) mass is 176 g/mol. The molecule has 0 aliphatic rings. The Morgan fingerprint density at radius 1 is 1.46 bits per heavy atom. The number of rotatable bonds is 4. The van der Waals surface area contributed by atoms with E-state index < -0.39 is 0 Å². The molecule has 70 valence electrons. The Morgan fingerprint density at radius 3 is 2.69 bits per heavy atom. The second kappa shape index (κ2) is 4.83. The number of ether oxygens (including phenoxy) is 1. The topological polar surface area (TPSA) is 9.23 Å². The zero-order valence-corrected chi connectivity index (χ0v) is 8.29. The highest BCUT2D eigenvalue weighted by molar-refractivity contribution is 5.52. The maximum Gasteiger partial charge on any atom is 0.0824 e. The zero-order valence-electron chi connectivity index (χ0n) is 8.29. The highest BCUT2D eigenvalue weighted by atomic mass is 16.5. The number of hydrogen-bond acceptors (Lipinski definition) is 1. The van der Waals surface area contributed by atoms with E-state index >= 15 is 0 Å². The van der Waals surface area contributed by atoms with Crippen molar-refractivity contribution in [3.63, 3.8) is 0 Å². The lowest BCUT2D eigenvalue weighted by Gasteiger charge is -2.15. The summed E-state index contributed by atoms with van der Waals surface area (Å²) in [4.78, 5) is 0. The summed E-state index contributed by atoms with van der Waals surface area (Å²) in [6.45, 7) is 5.91. The molecule has 0 saturated carbocycles. The molecule has 1 aromatic carbocycles. The lowest BCUT2D eigenvalue weighted by molar-refractivity contribution is 0.0999. The molecule has 13 heavy (non-hydrogen) atoms. The summed E-state index contributed by atoms with van der Waals surface area (Å²) >= 11 is 0. The Labute approximate surface area is 80.0 Å². The normalized spacial score (nSPS) is 12.5. The standard InChI is InChI=1S/C12H16O/c1-4-10-8-6-7-9-11(10)12(5-2)13-3/h4,6-9,12H,1,5H2,2-3H3. The summed E-state index contributed by atoms with van der Waals surface area (Å²) in [6.07, 6.45) is 3.05. The Hall–Kier alpha value is -1.08. The van der Waals surface area contributed by atoms with Gasteiger partial charge in [0.2, 0.25) is 0 Å². The van der Waals surface area contributed by atoms with Crippen molar-refractivity contribution in [3.05, 3.63) is 42.0 Å². The number of benzene rings is 1. The van der Waals surface area contributed by atoms with Crippen LogP contribution in [-0.4, -0.2) is 7.11 Å². The van der Waals surface area contributed by atoms with Gasteiger partial charge in [-0.3, -0.25) is 0 Å². The van der Waals surface area contributed by atoms with Crippen molar-refractivity contribution in [2.75, 3.05) is 7.11 Å². The fourth-order valence-corrected chi connectivity index (χ4v) is 1.50. The van der Waals surface area contributed by atoms with Crippen molar-refractivity contribution in [1.82, 2.24) is 0 Å². The molecule has 1 heteroatoms. The molecule has 0 heterocycles. The summed E-state index contributed by atoms with van der Waals surface area (Å²) in [5, 5.41) is 0. The maximum absolute atomic E-state index is 5.38. The van der Waals surface area contributed by atoms with Crippen molar-refractivity contribution >= 4 is 6.08 Å². The van der Waals surface area contributed by atoms with Gasteiger partial charge in [-0.05, 0) is 17.5 Å². The Morgan fingerprint density at radius 2 is 2.15 bits per heavy atom. The fourth-order valence-electron chi connectivity index (χ4n) is 1.50. The van der Waals surface area contributed by atoms with Crippen LogP contribution in [0.4, 0.5) is 0 Å². The second-order valence-electron chi connectivity index (χ2n) is 2.97. The largest absolute Gasteiger partial charge is 0.377 e. The molecule has 1 rings (SSSR count). The minimum atomic E-state index is 0.189. The highest BCUT2D eigenvalue weighted by Crippen LogP contribution is 2.24. The van der Waals surface area contributed by atoms with E-state index in [1.54, 1.807) is 7.11 Å². The molecular weight excluding hydrogens is 160 g/mol. The molecule has 0 amide bonds. The van der Waals surface area contributed by atoms with Crippen LogP contribution in [0.5, 0.6) is 0 Å². The first-order chi connectivity index (χ1) is 6.33. The highest BCUT2D eigenvalue weighted by Gasteiger charge is 2.09. The third kappa shape index (κ3) is 2.19. The molecular formula is C12H16O. The van der Waals surface area contributed by atoms with Gasteiger partial charge in [0.1, 0.15) is 0 Å². The van der Waals surface area contributed by atoms with Crippen molar-refractivity contribution in [2.24, 2.45) is 0 Å². The van der Waals surface area contributed by atoms with Gasteiger partial charge in [-0.25, -0.2) is 0 Å². The number of hydrogen-bond donors (Lipinski definition) is 0. The van der Waals surface area contributed by atoms with Crippen LogP contribution >= 0.6 is 0 Å². The van der Waals surface area contributed by atoms with E-state index in [9.17, 15) is 0 Å². The van der Waals surface area contributed by atoms with Crippen LogP contribution in [0, 0.1) is 0 Å². The van der Waals surface area contributed by atoms with Gasteiger partial charge in [0.15, 0.2) is 0 Å². The zero-order chi connectivity index (χ0) is 9.68. The van der Waals surface area contributed by atoms with E-state index in [-0.39, 0.29) is 6.10 Å². The first-order valence-electron chi connectivity index (χ1n) is 4.57. The van der Waals surface area contributed by atoms with Gasteiger partial charge >= 0.3 is 0 Å². The SMILES string of the molecule is C=Cc1ccccc1C(CC)OC. The molecule has 0 aromatic heterocycles. The molecule has 0 fully saturated rings. The summed E-state index contributed by atoms with van der Waals surface area (Å²) in [5.74, 6) is 0. The predicted octanol–water partition coefficient (Wildman–Crippen LogP) is 3.43. The van der Waals surface area contributed by atoms with E-state index in [4.69, 9.17) is 4.74 Å². The maximum atomic E-state index is 5.38. The number of methoxy groups -OCH3 is 1. The van der Waals surface area contributed by atoms with Crippen LogP contribution in [0.1, 0.15) is 30.6 Å².